The topological polar surface area (TPSA) is 3.24 Å². The van der Waals surface area contributed by atoms with E-state index in [0.29, 0.717) is 0 Å². The third kappa shape index (κ3) is 6.16. The maximum Gasteiger partial charge on any atom is 0.0714 e. The van der Waals surface area contributed by atoms with Gasteiger partial charge in [0.1, 0.15) is 0 Å². The molecule has 300 valence electrons. The van der Waals surface area contributed by atoms with Gasteiger partial charge in [-0.05, 0) is 125 Å². The Hall–Kier alpha value is -8.26. The number of nitrogens with zero attached hydrogens (tertiary/aromatic N) is 1. The lowest BCUT2D eigenvalue weighted by Crippen LogP contribution is -2.28. The Balaban J connectivity index is 1.02. The quantitative estimate of drug-likeness (QED) is 0.148. The molecule has 0 unspecified atom stereocenters. The van der Waals surface area contributed by atoms with Crippen LogP contribution in [-0.4, -0.2) is 0 Å². The molecule has 11 aromatic carbocycles. The van der Waals surface area contributed by atoms with Crippen molar-refractivity contribution in [1.82, 2.24) is 0 Å². The molecule has 11 aromatic rings. The van der Waals surface area contributed by atoms with Gasteiger partial charge in [0.15, 0.2) is 0 Å². The Morgan fingerprint density at radius 2 is 0.750 bits per heavy atom. The number of fused-ring (bicyclic) bond motifs is 5. The maximum atomic E-state index is 2.46. The Morgan fingerprint density at radius 3 is 1.41 bits per heavy atom. The van der Waals surface area contributed by atoms with Crippen molar-refractivity contribution >= 4 is 38.6 Å². The molecule has 1 aliphatic rings. The van der Waals surface area contributed by atoms with E-state index >= 15 is 0 Å². The minimum absolute atomic E-state index is 0.504. The van der Waals surface area contributed by atoms with Gasteiger partial charge in [-0.15, -0.1) is 0 Å². The van der Waals surface area contributed by atoms with Gasteiger partial charge in [-0.3, -0.25) is 0 Å². The molecular weight excluding hydrogens is 771 g/mol. The van der Waals surface area contributed by atoms with Crippen molar-refractivity contribution in [3.05, 3.63) is 283 Å². The summed E-state index contributed by atoms with van der Waals surface area (Å²) in [6, 6.07) is 95.8. The van der Waals surface area contributed by atoms with Crippen molar-refractivity contribution in [2.24, 2.45) is 0 Å². The molecule has 0 radical (unpaired) electrons. The van der Waals surface area contributed by atoms with Crippen LogP contribution in [0.2, 0.25) is 0 Å². The van der Waals surface area contributed by atoms with Gasteiger partial charge in [-0.1, -0.05) is 218 Å². The third-order valence-electron chi connectivity index (χ3n) is 13.3. The Kier molecular flexibility index (Phi) is 9.13. The van der Waals surface area contributed by atoms with Crippen molar-refractivity contribution in [2.45, 2.75) is 5.41 Å². The van der Waals surface area contributed by atoms with Gasteiger partial charge in [0.05, 0.1) is 11.1 Å². The third-order valence-corrected chi connectivity index (χ3v) is 13.3. The second-order valence-corrected chi connectivity index (χ2v) is 16.8. The highest BCUT2D eigenvalue weighted by molar-refractivity contribution is 6.00. The van der Waals surface area contributed by atoms with Crippen LogP contribution in [0.15, 0.2) is 261 Å². The van der Waals surface area contributed by atoms with Gasteiger partial charge >= 0.3 is 0 Å². The summed E-state index contributed by atoms with van der Waals surface area (Å²) in [5, 5.41) is 4.97. The monoisotopic (exact) mass is 813 g/mol. The summed E-state index contributed by atoms with van der Waals surface area (Å²) in [6.07, 6.45) is 0. The van der Waals surface area contributed by atoms with Gasteiger partial charge < -0.3 is 4.90 Å². The second-order valence-electron chi connectivity index (χ2n) is 16.8. The summed E-state index contributed by atoms with van der Waals surface area (Å²) < 4.78 is 0. The maximum absolute atomic E-state index is 2.46. The fraction of sp³-hybridized carbons (Fsp3) is 0.0159. The van der Waals surface area contributed by atoms with Crippen LogP contribution in [0.5, 0.6) is 0 Å². The summed E-state index contributed by atoms with van der Waals surface area (Å²) in [7, 11) is 0. The van der Waals surface area contributed by atoms with Crippen molar-refractivity contribution in [3.63, 3.8) is 0 Å². The first kappa shape index (κ1) is 37.5. The normalized spacial score (nSPS) is 12.5. The first-order chi connectivity index (χ1) is 31.7. The average Bonchev–Trinajstić information content (AvgIpc) is 3.69. The van der Waals surface area contributed by atoms with Crippen LogP contribution >= 0.6 is 0 Å². The Labute approximate surface area is 374 Å². The molecule has 1 aliphatic carbocycles. The number of rotatable bonds is 8. The Morgan fingerprint density at radius 1 is 0.281 bits per heavy atom. The SMILES string of the molecule is c1ccc(-c2ccc3cc(-c4ccc(N(c5ccc(-c6cccc7ccccc67)cc5)c5cccc6c5-c5ccccc5C6(c5ccccc5)c5ccccc5)cc4)ccc3c2)cc1. The molecule has 0 aliphatic heterocycles. The molecule has 1 heteroatoms. The number of hydrogen-bond acceptors (Lipinski definition) is 1. The van der Waals surface area contributed by atoms with Crippen molar-refractivity contribution in [2.75, 3.05) is 4.90 Å². The molecular formula is C63H43N. The van der Waals surface area contributed by atoms with Crippen molar-refractivity contribution in [1.29, 1.82) is 0 Å². The van der Waals surface area contributed by atoms with Gasteiger partial charge in [0.2, 0.25) is 0 Å². The average molecular weight is 814 g/mol. The van der Waals surface area contributed by atoms with Gasteiger partial charge in [0, 0.05) is 16.9 Å². The molecule has 0 amide bonds. The number of hydrogen-bond donors (Lipinski definition) is 0. The van der Waals surface area contributed by atoms with Crippen molar-refractivity contribution < 1.29 is 0 Å². The van der Waals surface area contributed by atoms with Crippen LogP contribution in [0.25, 0.3) is 66.1 Å². The summed E-state index contributed by atoms with van der Waals surface area (Å²) in [5.74, 6) is 0. The highest BCUT2D eigenvalue weighted by atomic mass is 15.1. The van der Waals surface area contributed by atoms with Crippen LogP contribution in [0.3, 0.4) is 0 Å². The minimum Gasteiger partial charge on any atom is -0.310 e. The molecule has 0 spiro atoms. The zero-order valence-corrected chi connectivity index (χ0v) is 35.3. The van der Waals surface area contributed by atoms with Crippen molar-refractivity contribution in [3.8, 4) is 44.5 Å². The Bertz CT molecular complexity index is 3420. The summed E-state index contributed by atoms with van der Waals surface area (Å²) in [5.41, 5.74) is 17.7. The van der Waals surface area contributed by atoms with Crippen LogP contribution < -0.4 is 4.90 Å². The minimum atomic E-state index is -0.504. The lowest BCUT2D eigenvalue weighted by atomic mass is 9.68. The molecule has 0 aromatic heterocycles. The van der Waals surface area contributed by atoms with Crippen LogP contribution in [0, 0.1) is 0 Å². The number of benzene rings is 11. The largest absolute Gasteiger partial charge is 0.310 e. The predicted molar refractivity (Wildman–Crippen MR) is 270 cm³/mol. The van der Waals surface area contributed by atoms with E-state index in [4.69, 9.17) is 0 Å². The van der Waals surface area contributed by atoms with E-state index in [1.54, 1.807) is 0 Å². The molecule has 0 saturated carbocycles. The molecule has 1 nitrogen and oxygen atoms in total. The molecule has 12 rings (SSSR count). The summed E-state index contributed by atoms with van der Waals surface area (Å²) >= 11 is 0. The highest BCUT2D eigenvalue weighted by Crippen LogP contribution is 2.59. The first-order valence-electron chi connectivity index (χ1n) is 22.2. The van der Waals surface area contributed by atoms with E-state index in [-0.39, 0.29) is 0 Å². The molecule has 0 heterocycles. The molecule has 0 atom stereocenters. The first-order valence-corrected chi connectivity index (χ1v) is 22.2. The molecule has 0 saturated heterocycles. The summed E-state index contributed by atoms with van der Waals surface area (Å²) in [4.78, 5) is 2.46. The summed E-state index contributed by atoms with van der Waals surface area (Å²) in [6.45, 7) is 0. The fourth-order valence-electron chi connectivity index (χ4n) is 10.4. The van der Waals surface area contributed by atoms with Crippen LogP contribution in [0.1, 0.15) is 22.3 Å². The van der Waals surface area contributed by atoms with Crippen LogP contribution in [0.4, 0.5) is 17.1 Å². The lowest BCUT2D eigenvalue weighted by molar-refractivity contribution is 0.768. The van der Waals surface area contributed by atoms with Crippen LogP contribution in [-0.2, 0) is 5.41 Å². The van der Waals surface area contributed by atoms with E-state index in [9.17, 15) is 0 Å². The van der Waals surface area contributed by atoms with E-state index in [0.717, 1.165) is 17.1 Å². The standard InChI is InChI=1S/C63H43N/c1-4-16-44(17-5-1)48-30-32-51-43-49(31-33-50(51)42-48)45-34-38-54(39-35-45)64(55-40-36-47(37-41-55)57-26-14-19-46-18-10-11-24-56(46)57)61-29-15-28-60-62(61)58-25-12-13-27-59(58)63(60,52-20-6-2-7-21-52)53-22-8-3-9-23-53/h1-43H. The second kappa shape index (κ2) is 15.6. The highest BCUT2D eigenvalue weighted by Gasteiger charge is 2.47. The van der Waals surface area contributed by atoms with Gasteiger partial charge in [-0.25, -0.2) is 0 Å². The van der Waals surface area contributed by atoms with E-state index in [1.165, 1.54) is 88.3 Å². The lowest BCUT2D eigenvalue weighted by Gasteiger charge is -2.34. The van der Waals surface area contributed by atoms with Gasteiger partial charge in [0.25, 0.3) is 0 Å². The zero-order valence-electron chi connectivity index (χ0n) is 35.3. The van der Waals surface area contributed by atoms with E-state index < -0.39 is 5.41 Å². The number of anilines is 3. The van der Waals surface area contributed by atoms with E-state index in [2.05, 4.69) is 266 Å². The molecule has 0 bridgehead atoms. The predicted octanol–water partition coefficient (Wildman–Crippen LogP) is 16.8. The molecule has 0 N–H and O–H groups in total. The molecule has 0 fully saturated rings. The van der Waals surface area contributed by atoms with E-state index in [1.807, 2.05) is 0 Å². The molecule has 64 heavy (non-hydrogen) atoms. The van der Waals surface area contributed by atoms with Gasteiger partial charge in [-0.2, -0.15) is 0 Å². The fourth-order valence-corrected chi connectivity index (χ4v) is 10.4. The smallest absolute Gasteiger partial charge is 0.0714 e. The zero-order chi connectivity index (χ0) is 42.5.